The van der Waals surface area contributed by atoms with Crippen LogP contribution >= 0.6 is 11.6 Å². The molecule has 0 amide bonds. The van der Waals surface area contributed by atoms with Gasteiger partial charge in [0, 0.05) is 6.92 Å². The van der Waals surface area contributed by atoms with E-state index in [1.807, 2.05) is 91.0 Å². The Kier molecular flexibility index (Phi) is 10.8. The minimum Gasteiger partial charge on any atom is -0.480 e. The van der Waals surface area contributed by atoms with E-state index in [1.54, 1.807) is 0 Å². The summed E-state index contributed by atoms with van der Waals surface area (Å²) >= 11 is 4.64. The molecule has 33 heavy (non-hydrogen) atoms. The lowest BCUT2D eigenvalue weighted by Crippen LogP contribution is -2.52. The SMILES string of the molecule is CC(=O)Cl.NCCCC[C@H](NC(c1ccccc1)(c1ccccc1)c1ccccc1)C(=O)O. The van der Waals surface area contributed by atoms with Crippen molar-refractivity contribution >= 4 is 22.8 Å². The molecule has 3 aromatic rings. The Bertz CT molecular complexity index is 881. The van der Waals surface area contributed by atoms with Crippen molar-refractivity contribution in [2.45, 2.75) is 37.8 Å². The maximum Gasteiger partial charge on any atom is 0.320 e. The van der Waals surface area contributed by atoms with Gasteiger partial charge in [0.15, 0.2) is 0 Å². The molecule has 0 aliphatic rings. The number of carbonyl (C=O) groups is 2. The van der Waals surface area contributed by atoms with E-state index in [1.165, 1.54) is 6.92 Å². The van der Waals surface area contributed by atoms with E-state index in [0.29, 0.717) is 13.0 Å². The Morgan fingerprint density at radius 3 is 1.52 bits per heavy atom. The normalized spacial score (nSPS) is 11.7. The zero-order valence-electron chi connectivity index (χ0n) is 18.8. The van der Waals surface area contributed by atoms with Crippen molar-refractivity contribution in [3.8, 4) is 0 Å². The van der Waals surface area contributed by atoms with Crippen LogP contribution < -0.4 is 11.1 Å². The Hall–Kier alpha value is -2.99. The van der Waals surface area contributed by atoms with E-state index >= 15 is 0 Å². The lowest BCUT2D eigenvalue weighted by atomic mass is 9.76. The number of nitrogens with one attached hydrogen (secondary N) is 1. The van der Waals surface area contributed by atoms with Crippen LogP contribution in [0, 0.1) is 0 Å². The third-order valence-electron chi connectivity index (χ3n) is 5.26. The zero-order valence-corrected chi connectivity index (χ0v) is 19.5. The van der Waals surface area contributed by atoms with Gasteiger partial charge in [-0.2, -0.15) is 0 Å². The van der Waals surface area contributed by atoms with Gasteiger partial charge in [0.25, 0.3) is 0 Å². The van der Waals surface area contributed by atoms with Crippen molar-refractivity contribution in [1.29, 1.82) is 0 Å². The summed E-state index contributed by atoms with van der Waals surface area (Å²) in [6.07, 6.45) is 2.08. The van der Waals surface area contributed by atoms with Gasteiger partial charge in [-0.15, -0.1) is 0 Å². The first-order valence-corrected chi connectivity index (χ1v) is 11.3. The molecule has 0 bridgehead atoms. The van der Waals surface area contributed by atoms with Crippen molar-refractivity contribution in [2.75, 3.05) is 6.54 Å². The molecule has 0 aliphatic heterocycles. The molecule has 0 aliphatic carbocycles. The van der Waals surface area contributed by atoms with Crippen LogP contribution in [0.5, 0.6) is 0 Å². The van der Waals surface area contributed by atoms with E-state index in [9.17, 15) is 14.7 Å². The Balaban J connectivity index is 0.000000890. The third kappa shape index (κ3) is 7.53. The highest BCUT2D eigenvalue weighted by atomic mass is 35.5. The van der Waals surface area contributed by atoms with Gasteiger partial charge in [0.05, 0.1) is 5.54 Å². The fourth-order valence-electron chi connectivity index (χ4n) is 3.83. The molecule has 0 heterocycles. The number of carboxylic acids is 1. The highest BCUT2D eigenvalue weighted by Gasteiger charge is 2.39. The second-order valence-corrected chi connectivity index (χ2v) is 8.17. The van der Waals surface area contributed by atoms with Crippen LogP contribution in [-0.2, 0) is 15.1 Å². The van der Waals surface area contributed by atoms with Gasteiger partial charge in [-0.1, -0.05) is 97.4 Å². The summed E-state index contributed by atoms with van der Waals surface area (Å²) in [5.41, 5.74) is 7.85. The maximum absolute atomic E-state index is 12.2. The molecule has 3 aromatic carbocycles. The van der Waals surface area contributed by atoms with E-state index in [4.69, 9.17) is 5.73 Å². The molecule has 1 atom stereocenters. The number of halogens is 1. The number of unbranched alkanes of at least 4 members (excludes halogenated alkanes) is 1. The number of hydrogen-bond acceptors (Lipinski definition) is 4. The molecule has 6 heteroatoms. The molecular formula is C27H31ClN2O3. The molecule has 0 aromatic heterocycles. The predicted octanol–water partition coefficient (Wildman–Crippen LogP) is 4.92. The van der Waals surface area contributed by atoms with E-state index < -0.39 is 17.6 Å². The first kappa shape index (κ1) is 26.3. The van der Waals surface area contributed by atoms with Gasteiger partial charge in [-0.05, 0) is 47.7 Å². The van der Waals surface area contributed by atoms with Crippen LogP contribution in [0.2, 0.25) is 0 Å². The molecule has 5 nitrogen and oxygen atoms in total. The minimum absolute atomic E-state index is 0.361. The number of carbonyl (C=O) groups excluding carboxylic acids is 1. The maximum atomic E-state index is 12.2. The molecule has 0 fully saturated rings. The fraction of sp³-hybridized carbons (Fsp3) is 0.259. The van der Waals surface area contributed by atoms with Gasteiger partial charge in [-0.3, -0.25) is 14.9 Å². The van der Waals surface area contributed by atoms with Crippen LogP contribution in [0.4, 0.5) is 0 Å². The van der Waals surface area contributed by atoms with Crippen molar-refractivity contribution in [1.82, 2.24) is 5.32 Å². The van der Waals surface area contributed by atoms with Crippen LogP contribution in [0.1, 0.15) is 42.9 Å². The van der Waals surface area contributed by atoms with Crippen LogP contribution in [0.15, 0.2) is 91.0 Å². The Morgan fingerprint density at radius 2 is 1.21 bits per heavy atom. The molecule has 4 N–H and O–H groups in total. The molecule has 174 valence electrons. The van der Waals surface area contributed by atoms with Crippen molar-refractivity contribution in [3.63, 3.8) is 0 Å². The number of carboxylic acid groups (broad SMARTS) is 1. The lowest BCUT2D eigenvalue weighted by molar-refractivity contribution is -0.140. The summed E-state index contributed by atoms with van der Waals surface area (Å²) in [6.45, 7) is 1.86. The molecule has 3 rings (SSSR count). The summed E-state index contributed by atoms with van der Waals surface area (Å²) < 4.78 is 0. The first-order valence-electron chi connectivity index (χ1n) is 10.9. The summed E-state index contributed by atoms with van der Waals surface area (Å²) in [5, 5.41) is 13.2. The van der Waals surface area contributed by atoms with Gasteiger partial charge in [-0.25, -0.2) is 0 Å². The molecule has 0 unspecified atom stereocenters. The summed E-state index contributed by atoms with van der Waals surface area (Å²) in [7, 11) is 0. The first-order chi connectivity index (χ1) is 15.9. The average molecular weight is 467 g/mol. The van der Waals surface area contributed by atoms with Crippen LogP contribution in [-0.4, -0.2) is 28.9 Å². The Morgan fingerprint density at radius 1 is 0.848 bits per heavy atom. The number of nitrogens with two attached hydrogens (primary N) is 1. The fourth-order valence-corrected chi connectivity index (χ4v) is 3.83. The topological polar surface area (TPSA) is 92.4 Å². The average Bonchev–Trinajstić information content (AvgIpc) is 2.83. The van der Waals surface area contributed by atoms with E-state index in [2.05, 4.69) is 16.9 Å². The van der Waals surface area contributed by atoms with Crippen molar-refractivity contribution in [3.05, 3.63) is 108 Å². The molecule has 0 saturated carbocycles. The van der Waals surface area contributed by atoms with Crippen LogP contribution in [0.25, 0.3) is 0 Å². The third-order valence-corrected chi connectivity index (χ3v) is 5.26. The molecular weight excluding hydrogens is 436 g/mol. The molecule has 0 spiro atoms. The monoisotopic (exact) mass is 466 g/mol. The van der Waals surface area contributed by atoms with E-state index in [0.717, 1.165) is 29.5 Å². The second kappa shape index (κ2) is 13.5. The number of benzene rings is 3. The smallest absolute Gasteiger partial charge is 0.320 e. The van der Waals surface area contributed by atoms with Gasteiger partial charge >= 0.3 is 5.97 Å². The molecule has 0 radical (unpaired) electrons. The van der Waals surface area contributed by atoms with Crippen molar-refractivity contribution in [2.24, 2.45) is 5.73 Å². The second-order valence-electron chi connectivity index (χ2n) is 7.64. The minimum atomic E-state index is -0.853. The number of hydrogen-bond donors (Lipinski definition) is 3. The lowest BCUT2D eigenvalue weighted by Gasteiger charge is -2.39. The van der Waals surface area contributed by atoms with Crippen molar-refractivity contribution < 1.29 is 14.7 Å². The van der Waals surface area contributed by atoms with Gasteiger partial charge in [0.1, 0.15) is 6.04 Å². The van der Waals surface area contributed by atoms with Gasteiger partial charge < -0.3 is 10.8 Å². The number of rotatable bonds is 10. The highest BCUT2D eigenvalue weighted by molar-refractivity contribution is 6.62. The summed E-state index contributed by atoms with van der Waals surface area (Å²) in [6, 6.07) is 29.4. The van der Waals surface area contributed by atoms with Crippen LogP contribution in [0.3, 0.4) is 0 Å². The predicted molar refractivity (Wildman–Crippen MR) is 133 cm³/mol. The Labute approximate surface area is 200 Å². The van der Waals surface area contributed by atoms with E-state index in [-0.39, 0.29) is 5.24 Å². The quantitative estimate of drug-likeness (QED) is 0.224. The summed E-state index contributed by atoms with van der Waals surface area (Å²) in [5.74, 6) is -0.853. The zero-order chi connectivity index (χ0) is 24.1. The largest absolute Gasteiger partial charge is 0.480 e. The number of aliphatic carboxylic acids is 1. The van der Waals surface area contributed by atoms with Gasteiger partial charge in [0.2, 0.25) is 5.24 Å². The highest BCUT2D eigenvalue weighted by Crippen LogP contribution is 2.37. The standard InChI is InChI=1S/C25H28N2O2.C2H3ClO/c26-19-11-10-18-23(24(28)29)27-25(20-12-4-1-5-13-20,21-14-6-2-7-15-21)22-16-8-3-9-17-22;1-2(3)4/h1-9,12-17,23,27H,10-11,18-19,26H2,(H,28,29);1H3/t23-;/m0./s1. The summed E-state index contributed by atoms with van der Waals surface area (Å²) in [4.78, 5) is 21.4. The molecule has 0 saturated heterocycles.